The van der Waals surface area contributed by atoms with Crippen molar-refractivity contribution in [1.29, 1.82) is 5.26 Å². The molecule has 7 nitrogen and oxygen atoms in total. The molecule has 1 aromatic heterocycles. The maximum absolute atomic E-state index is 11.4. The van der Waals surface area contributed by atoms with E-state index >= 15 is 0 Å². The minimum atomic E-state index is -0.375. The van der Waals surface area contributed by atoms with Crippen molar-refractivity contribution in [3.63, 3.8) is 0 Å². The third-order valence-corrected chi connectivity index (χ3v) is 2.33. The summed E-state index contributed by atoms with van der Waals surface area (Å²) in [6.07, 6.45) is 2.75. The molecule has 0 fully saturated rings. The number of ether oxygens (including phenoxy) is 1. The molecule has 19 heavy (non-hydrogen) atoms. The molecule has 0 spiro atoms. The number of benzene rings is 1. The highest BCUT2D eigenvalue weighted by Gasteiger charge is 2.07. The second-order valence-corrected chi connectivity index (χ2v) is 3.64. The zero-order chi connectivity index (χ0) is 13.7. The summed E-state index contributed by atoms with van der Waals surface area (Å²) in [5, 5.41) is 15.1. The van der Waals surface area contributed by atoms with E-state index in [0.29, 0.717) is 17.1 Å². The van der Waals surface area contributed by atoms with E-state index in [0.717, 1.165) is 0 Å². The third kappa shape index (κ3) is 3.07. The first-order valence-corrected chi connectivity index (χ1v) is 5.44. The zero-order valence-corrected chi connectivity index (χ0v) is 10.2. The van der Waals surface area contributed by atoms with E-state index in [1.807, 2.05) is 0 Å². The first kappa shape index (κ1) is 12.6. The molecule has 0 saturated carbocycles. The zero-order valence-electron chi connectivity index (χ0n) is 10.2. The van der Waals surface area contributed by atoms with Crippen LogP contribution in [0.4, 0.5) is 5.69 Å². The van der Waals surface area contributed by atoms with E-state index in [9.17, 15) is 4.79 Å². The van der Waals surface area contributed by atoms with Gasteiger partial charge in [-0.2, -0.15) is 10.4 Å². The maximum atomic E-state index is 11.4. The van der Waals surface area contributed by atoms with Crippen molar-refractivity contribution in [2.24, 2.45) is 0 Å². The topological polar surface area (TPSA) is 92.8 Å². The van der Waals surface area contributed by atoms with Gasteiger partial charge in [0.05, 0.1) is 18.9 Å². The number of nitriles is 1. The lowest BCUT2D eigenvalue weighted by molar-refractivity contribution is -0.115. The van der Waals surface area contributed by atoms with Gasteiger partial charge in [-0.05, 0) is 6.07 Å². The fourth-order valence-electron chi connectivity index (χ4n) is 1.52. The monoisotopic (exact) mass is 257 g/mol. The molecular weight excluding hydrogens is 246 g/mol. The largest absolute Gasteiger partial charge is 0.497 e. The molecule has 7 heteroatoms. The first-order chi connectivity index (χ1) is 9.22. The molecular formula is C12H11N5O2. The van der Waals surface area contributed by atoms with Crippen molar-refractivity contribution in [1.82, 2.24) is 14.8 Å². The summed E-state index contributed by atoms with van der Waals surface area (Å²) < 4.78 is 6.70. The molecule has 2 rings (SSSR count). The molecule has 0 bridgehead atoms. The Morgan fingerprint density at radius 1 is 1.53 bits per heavy atom. The molecule has 1 amide bonds. The first-order valence-electron chi connectivity index (χ1n) is 5.44. The number of nitrogens with zero attached hydrogens (tertiary/aromatic N) is 4. The Morgan fingerprint density at radius 2 is 2.37 bits per heavy atom. The summed E-state index contributed by atoms with van der Waals surface area (Å²) in [7, 11) is 1.53. The van der Waals surface area contributed by atoms with Gasteiger partial charge in [-0.3, -0.25) is 4.79 Å². The fraction of sp³-hybridized carbons (Fsp3) is 0.167. The summed E-state index contributed by atoms with van der Waals surface area (Å²) >= 11 is 0. The van der Waals surface area contributed by atoms with Crippen LogP contribution < -0.4 is 10.1 Å². The fourth-order valence-corrected chi connectivity index (χ4v) is 1.52. The molecule has 0 aliphatic carbocycles. The Morgan fingerprint density at radius 3 is 3.00 bits per heavy atom. The van der Waals surface area contributed by atoms with Crippen LogP contribution in [0.15, 0.2) is 30.9 Å². The molecule has 96 valence electrons. The highest BCUT2D eigenvalue weighted by atomic mass is 16.5. The number of carbonyl (C=O) groups excluding carboxylic acids is 1. The van der Waals surface area contributed by atoms with Gasteiger partial charge in [0.15, 0.2) is 0 Å². The predicted octanol–water partition coefficient (Wildman–Crippen LogP) is 1.13. The Kier molecular flexibility index (Phi) is 3.73. The lowest BCUT2D eigenvalue weighted by Crippen LogP contribution is -2.10. The van der Waals surface area contributed by atoms with Crippen LogP contribution in [0.25, 0.3) is 5.69 Å². The predicted molar refractivity (Wildman–Crippen MR) is 66.8 cm³/mol. The molecule has 1 N–H and O–H groups in total. The lowest BCUT2D eigenvalue weighted by Gasteiger charge is -2.09. The summed E-state index contributed by atoms with van der Waals surface area (Å²) in [5.41, 5.74) is 1.23. The lowest BCUT2D eigenvalue weighted by atomic mass is 10.2. The van der Waals surface area contributed by atoms with Crippen LogP contribution in [0.1, 0.15) is 6.42 Å². The van der Waals surface area contributed by atoms with Gasteiger partial charge in [-0.15, -0.1) is 0 Å². The van der Waals surface area contributed by atoms with Crippen molar-refractivity contribution in [2.75, 3.05) is 12.4 Å². The van der Waals surface area contributed by atoms with Gasteiger partial charge in [0.25, 0.3) is 0 Å². The number of amides is 1. The van der Waals surface area contributed by atoms with Crippen molar-refractivity contribution < 1.29 is 9.53 Å². The molecule has 1 heterocycles. The van der Waals surface area contributed by atoms with Gasteiger partial charge in [0.2, 0.25) is 5.91 Å². The van der Waals surface area contributed by atoms with Crippen LogP contribution in [0.5, 0.6) is 5.75 Å². The van der Waals surface area contributed by atoms with Gasteiger partial charge in [0, 0.05) is 17.8 Å². The van der Waals surface area contributed by atoms with E-state index in [1.54, 1.807) is 29.0 Å². The van der Waals surface area contributed by atoms with Crippen molar-refractivity contribution in [3.05, 3.63) is 30.9 Å². The number of nitrogens with one attached hydrogen (secondary N) is 1. The Hall–Kier alpha value is -2.88. The standard InChI is InChI=1S/C12H11N5O2/c1-19-11-5-9(16-12(18)2-3-13)4-10(6-11)17-8-14-7-15-17/h4-8H,2H2,1H3,(H,16,18). The van der Waals surface area contributed by atoms with Gasteiger partial charge in [0.1, 0.15) is 24.8 Å². The van der Waals surface area contributed by atoms with E-state index < -0.39 is 0 Å². The van der Waals surface area contributed by atoms with Crippen LogP contribution in [0.2, 0.25) is 0 Å². The van der Waals surface area contributed by atoms with E-state index in [4.69, 9.17) is 10.00 Å². The van der Waals surface area contributed by atoms with Crippen LogP contribution in [0, 0.1) is 11.3 Å². The second kappa shape index (κ2) is 5.64. The average molecular weight is 257 g/mol. The van der Waals surface area contributed by atoms with Crippen LogP contribution in [-0.2, 0) is 4.79 Å². The smallest absolute Gasteiger partial charge is 0.238 e. The van der Waals surface area contributed by atoms with Gasteiger partial charge in [-0.25, -0.2) is 9.67 Å². The Labute approximate surface area is 109 Å². The molecule has 0 atom stereocenters. The number of methoxy groups -OCH3 is 1. The SMILES string of the molecule is COc1cc(NC(=O)CC#N)cc(-n2cncn2)c1. The quantitative estimate of drug-likeness (QED) is 0.886. The summed E-state index contributed by atoms with van der Waals surface area (Å²) in [6, 6.07) is 6.92. The summed E-state index contributed by atoms with van der Waals surface area (Å²) in [5.74, 6) is 0.195. The number of carbonyl (C=O) groups is 1. The highest BCUT2D eigenvalue weighted by Crippen LogP contribution is 2.23. The minimum Gasteiger partial charge on any atom is -0.497 e. The Balaban J connectivity index is 2.32. The molecule has 2 aromatic rings. The minimum absolute atomic E-state index is 0.199. The summed E-state index contributed by atoms with van der Waals surface area (Å²) in [6.45, 7) is 0. The number of hydrogen-bond acceptors (Lipinski definition) is 5. The van der Waals surface area contributed by atoms with Crippen LogP contribution in [-0.4, -0.2) is 27.8 Å². The maximum Gasteiger partial charge on any atom is 0.238 e. The highest BCUT2D eigenvalue weighted by molar-refractivity contribution is 5.92. The van der Waals surface area contributed by atoms with E-state index in [2.05, 4.69) is 15.4 Å². The van der Waals surface area contributed by atoms with Gasteiger partial charge < -0.3 is 10.1 Å². The third-order valence-electron chi connectivity index (χ3n) is 2.33. The number of hydrogen-bond donors (Lipinski definition) is 1. The molecule has 0 aliphatic heterocycles. The van der Waals surface area contributed by atoms with Crippen LogP contribution >= 0.6 is 0 Å². The number of aromatic nitrogens is 3. The summed E-state index contributed by atoms with van der Waals surface area (Å²) in [4.78, 5) is 15.3. The molecule has 0 unspecified atom stereocenters. The normalized spacial score (nSPS) is 9.68. The molecule has 0 saturated heterocycles. The van der Waals surface area contributed by atoms with Crippen molar-refractivity contribution in [2.45, 2.75) is 6.42 Å². The average Bonchev–Trinajstić information content (AvgIpc) is 2.92. The van der Waals surface area contributed by atoms with Crippen molar-refractivity contribution >= 4 is 11.6 Å². The number of anilines is 1. The van der Waals surface area contributed by atoms with E-state index in [1.165, 1.54) is 19.8 Å². The molecule has 0 aliphatic rings. The van der Waals surface area contributed by atoms with Crippen LogP contribution in [0.3, 0.4) is 0 Å². The molecule has 0 radical (unpaired) electrons. The number of rotatable bonds is 4. The van der Waals surface area contributed by atoms with Gasteiger partial charge in [-0.1, -0.05) is 0 Å². The Bertz CT molecular complexity index is 616. The van der Waals surface area contributed by atoms with Gasteiger partial charge >= 0.3 is 0 Å². The molecule has 1 aromatic carbocycles. The van der Waals surface area contributed by atoms with Crippen molar-refractivity contribution in [3.8, 4) is 17.5 Å². The van der Waals surface area contributed by atoms with E-state index in [-0.39, 0.29) is 12.3 Å². The second-order valence-electron chi connectivity index (χ2n) is 3.64.